The first-order valence-electron chi connectivity index (χ1n) is 6.62. The van der Waals surface area contributed by atoms with Crippen molar-refractivity contribution in [1.82, 2.24) is 10.0 Å². The van der Waals surface area contributed by atoms with Crippen molar-refractivity contribution in [3.05, 3.63) is 23.5 Å². The topological polar surface area (TPSA) is 87.3 Å². The fourth-order valence-corrected chi connectivity index (χ4v) is 3.24. The smallest absolute Gasteiger partial charge is 0.243 e. The van der Waals surface area contributed by atoms with Crippen molar-refractivity contribution in [2.24, 2.45) is 0 Å². The summed E-state index contributed by atoms with van der Waals surface area (Å²) in [6.45, 7) is 1.97. The molecular formula is C13H18FN3O3S. The monoisotopic (exact) mass is 315 g/mol. The lowest BCUT2D eigenvalue weighted by atomic mass is 10.0. The Morgan fingerprint density at radius 1 is 1.38 bits per heavy atom. The molecule has 0 saturated carbocycles. The average molecular weight is 315 g/mol. The van der Waals surface area contributed by atoms with Gasteiger partial charge in [-0.3, -0.25) is 4.79 Å². The normalized spacial score (nSPS) is 16.2. The molecule has 116 valence electrons. The zero-order chi connectivity index (χ0) is 15.6. The lowest BCUT2D eigenvalue weighted by Gasteiger charge is -2.19. The van der Waals surface area contributed by atoms with E-state index in [4.69, 9.17) is 0 Å². The molecule has 21 heavy (non-hydrogen) atoms. The molecule has 2 rings (SSSR count). The van der Waals surface area contributed by atoms with Crippen LogP contribution in [-0.4, -0.2) is 34.0 Å². The van der Waals surface area contributed by atoms with Gasteiger partial charge in [-0.1, -0.05) is 0 Å². The molecule has 1 amide bonds. The van der Waals surface area contributed by atoms with Gasteiger partial charge in [0, 0.05) is 24.7 Å². The Balaban J connectivity index is 2.29. The van der Waals surface area contributed by atoms with Gasteiger partial charge in [-0.05, 0) is 38.1 Å². The van der Waals surface area contributed by atoms with Crippen molar-refractivity contribution in [2.75, 3.05) is 18.9 Å². The highest BCUT2D eigenvalue weighted by molar-refractivity contribution is 7.89. The van der Waals surface area contributed by atoms with Crippen LogP contribution in [-0.2, 0) is 21.2 Å². The Bertz CT molecular complexity index is 661. The summed E-state index contributed by atoms with van der Waals surface area (Å²) >= 11 is 0. The van der Waals surface area contributed by atoms with Crippen LogP contribution in [0, 0.1) is 5.82 Å². The number of carbonyl (C=O) groups excluding carboxylic acids is 1. The van der Waals surface area contributed by atoms with Gasteiger partial charge in [-0.25, -0.2) is 17.5 Å². The van der Waals surface area contributed by atoms with Crippen molar-refractivity contribution >= 4 is 21.6 Å². The van der Waals surface area contributed by atoms with E-state index < -0.39 is 15.8 Å². The number of likely N-dealkylation sites (N-methyl/N-ethyl adjacent to an activating group) is 1. The van der Waals surface area contributed by atoms with E-state index in [1.807, 2.05) is 0 Å². The zero-order valence-electron chi connectivity index (χ0n) is 11.9. The summed E-state index contributed by atoms with van der Waals surface area (Å²) in [5, 5.41) is 5.42. The maximum absolute atomic E-state index is 14.0. The van der Waals surface area contributed by atoms with Crippen molar-refractivity contribution < 1.29 is 17.6 Å². The highest BCUT2D eigenvalue weighted by Crippen LogP contribution is 2.27. The van der Waals surface area contributed by atoms with Gasteiger partial charge in [-0.2, -0.15) is 0 Å². The number of fused-ring (bicyclic) bond motifs is 1. The van der Waals surface area contributed by atoms with Gasteiger partial charge in [0.15, 0.2) is 0 Å². The number of sulfonamides is 1. The molecule has 0 saturated heterocycles. The number of halogens is 1. The lowest BCUT2D eigenvalue weighted by molar-refractivity contribution is -0.116. The maximum atomic E-state index is 14.0. The van der Waals surface area contributed by atoms with Crippen molar-refractivity contribution in [3.8, 4) is 0 Å². The quantitative estimate of drug-likeness (QED) is 0.742. The second kappa shape index (κ2) is 6.08. The molecule has 1 aliphatic heterocycles. The molecule has 0 bridgehead atoms. The summed E-state index contributed by atoms with van der Waals surface area (Å²) in [5.74, 6) is -1.07. The number of anilines is 1. The van der Waals surface area contributed by atoms with Crippen LogP contribution < -0.4 is 15.4 Å². The van der Waals surface area contributed by atoms with Gasteiger partial charge in [0.1, 0.15) is 10.7 Å². The van der Waals surface area contributed by atoms with Gasteiger partial charge in [0.25, 0.3) is 0 Å². The molecule has 1 heterocycles. The van der Waals surface area contributed by atoms with Crippen LogP contribution in [0.3, 0.4) is 0 Å². The summed E-state index contributed by atoms with van der Waals surface area (Å²) in [4.78, 5) is 10.9. The Morgan fingerprint density at radius 3 is 2.76 bits per heavy atom. The molecule has 0 spiro atoms. The van der Waals surface area contributed by atoms with E-state index >= 15 is 0 Å². The van der Waals surface area contributed by atoms with E-state index in [2.05, 4.69) is 15.4 Å². The molecule has 1 aliphatic rings. The second-order valence-corrected chi connectivity index (χ2v) is 6.76. The fraction of sp³-hybridized carbons (Fsp3) is 0.462. The average Bonchev–Trinajstić information content (AvgIpc) is 2.43. The molecule has 0 fully saturated rings. The minimum Gasteiger partial charge on any atom is -0.326 e. The van der Waals surface area contributed by atoms with E-state index in [0.29, 0.717) is 17.7 Å². The first kappa shape index (κ1) is 15.9. The summed E-state index contributed by atoms with van der Waals surface area (Å²) in [6, 6.07) is 2.28. The number of hydrogen-bond donors (Lipinski definition) is 3. The van der Waals surface area contributed by atoms with Crippen LogP contribution in [0.15, 0.2) is 17.0 Å². The van der Waals surface area contributed by atoms with Crippen LogP contribution in [0.5, 0.6) is 0 Å². The van der Waals surface area contributed by atoms with E-state index in [9.17, 15) is 17.6 Å². The van der Waals surface area contributed by atoms with Crippen molar-refractivity contribution in [1.29, 1.82) is 0 Å². The van der Waals surface area contributed by atoms with E-state index in [1.165, 1.54) is 6.07 Å². The largest absolute Gasteiger partial charge is 0.326 e. The summed E-state index contributed by atoms with van der Waals surface area (Å²) in [7, 11) is -2.21. The Morgan fingerprint density at radius 2 is 2.10 bits per heavy atom. The SMILES string of the molecule is CNC(C)CNS(=O)(=O)c1cc2c(cc1F)NC(=O)CC2. The predicted octanol–water partition coefficient (Wildman–Crippen LogP) is 0.597. The number of carbonyl (C=O) groups is 1. The van der Waals surface area contributed by atoms with E-state index in [-0.39, 0.29) is 29.8 Å². The highest BCUT2D eigenvalue weighted by atomic mass is 32.2. The van der Waals surface area contributed by atoms with Gasteiger partial charge in [0.05, 0.1) is 0 Å². The van der Waals surface area contributed by atoms with Crippen molar-refractivity contribution in [3.63, 3.8) is 0 Å². The molecule has 1 aromatic carbocycles. The van der Waals surface area contributed by atoms with Gasteiger partial charge >= 0.3 is 0 Å². The first-order chi connectivity index (χ1) is 9.83. The number of amides is 1. The Hall–Kier alpha value is -1.51. The number of rotatable bonds is 5. The highest BCUT2D eigenvalue weighted by Gasteiger charge is 2.24. The third-order valence-electron chi connectivity index (χ3n) is 3.42. The van der Waals surface area contributed by atoms with Crippen molar-refractivity contribution in [2.45, 2.75) is 30.7 Å². The van der Waals surface area contributed by atoms with E-state index in [1.54, 1.807) is 14.0 Å². The molecule has 0 aliphatic carbocycles. The number of benzene rings is 1. The van der Waals surface area contributed by atoms with Gasteiger partial charge < -0.3 is 10.6 Å². The minimum atomic E-state index is -3.92. The molecule has 3 N–H and O–H groups in total. The van der Waals surface area contributed by atoms with Gasteiger partial charge in [-0.15, -0.1) is 0 Å². The summed E-state index contributed by atoms with van der Waals surface area (Å²) in [6.07, 6.45) is 0.666. The Labute approximate surface area is 123 Å². The molecule has 1 unspecified atom stereocenters. The summed E-state index contributed by atoms with van der Waals surface area (Å²) < 4.78 is 40.7. The maximum Gasteiger partial charge on any atom is 0.243 e. The van der Waals surface area contributed by atoms with Crippen LogP contribution in [0.2, 0.25) is 0 Å². The molecule has 0 radical (unpaired) electrons. The Kier molecular flexibility index (Phi) is 4.60. The minimum absolute atomic E-state index is 0.0697. The molecule has 6 nitrogen and oxygen atoms in total. The standard InChI is InChI=1S/C13H18FN3O3S/c1-8(15-2)7-16-21(19,20)12-5-9-3-4-13(18)17-11(9)6-10(12)14/h5-6,8,15-16H,3-4,7H2,1-2H3,(H,17,18). The van der Waals surface area contributed by atoms with Crippen LogP contribution >= 0.6 is 0 Å². The van der Waals surface area contributed by atoms with E-state index in [0.717, 1.165) is 6.07 Å². The van der Waals surface area contributed by atoms with Crippen LogP contribution in [0.4, 0.5) is 10.1 Å². The number of aryl methyl sites for hydroxylation is 1. The number of nitrogens with one attached hydrogen (secondary N) is 3. The third-order valence-corrected chi connectivity index (χ3v) is 4.85. The summed E-state index contributed by atoms with van der Waals surface area (Å²) in [5.41, 5.74) is 0.962. The molecule has 0 aromatic heterocycles. The molecule has 1 atom stereocenters. The number of hydrogen-bond acceptors (Lipinski definition) is 4. The third kappa shape index (κ3) is 3.58. The second-order valence-electron chi connectivity index (χ2n) is 5.03. The fourth-order valence-electron chi connectivity index (χ4n) is 2.00. The van der Waals surface area contributed by atoms with Crippen LogP contribution in [0.1, 0.15) is 18.9 Å². The lowest BCUT2D eigenvalue weighted by Crippen LogP contribution is -2.37. The zero-order valence-corrected chi connectivity index (χ0v) is 12.7. The first-order valence-corrected chi connectivity index (χ1v) is 8.11. The predicted molar refractivity (Wildman–Crippen MR) is 77.1 cm³/mol. The van der Waals surface area contributed by atoms with Crippen LogP contribution in [0.25, 0.3) is 0 Å². The molecule has 1 aromatic rings. The van der Waals surface area contributed by atoms with Gasteiger partial charge in [0.2, 0.25) is 15.9 Å². The molecular weight excluding hydrogens is 297 g/mol. The molecule has 8 heteroatoms.